The molecule has 0 fully saturated rings. The second-order valence-electron chi connectivity index (χ2n) is 3.64. The lowest BCUT2D eigenvalue weighted by Gasteiger charge is -2.06. The Morgan fingerprint density at radius 1 is 1.41 bits per heavy atom. The Labute approximate surface area is 104 Å². The molecule has 2 aromatic rings. The van der Waals surface area contributed by atoms with Crippen molar-refractivity contribution < 1.29 is 0 Å². The van der Waals surface area contributed by atoms with Crippen LogP contribution in [-0.2, 0) is 6.54 Å². The zero-order valence-electron chi connectivity index (χ0n) is 9.90. The van der Waals surface area contributed by atoms with Crippen molar-refractivity contribution >= 4 is 11.8 Å². The van der Waals surface area contributed by atoms with Crippen molar-refractivity contribution in [1.82, 2.24) is 25.5 Å². The second-order valence-corrected chi connectivity index (χ2v) is 4.62. The van der Waals surface area contributed by atoms with Crippen LogP contribution in [0.4, 0.5) is 0 Å². The third-order valence-corrected chi connectivity index (χ3v) is 3.26. The van der Waals surface area contributed by atoms with E-state index in [4.69, 9.17) is 0 Å². The van der Waals surface area contributed by atoms with Crippen LogP contribution in [0.1, 0.15) is 18.1 Å². The van der Waals surface area contributed by atoms with Crippen molar-refractivity contribution in [3.8, 4) is 0 Å². The lowest BCUT2D eigenvalue weighted by molar-refractivity contribution is 0.721. The first-order valence-electron chi connectivity index (χ1n) is 5.49. The summed E-state index contributed by atoms with van der Waals surface area (Å²) >= 11 is 1.49. The van der Waals surface area contributed by atoms with E-state index in [0.717, 1.165) is 28.8 Å². The van der Waals surface area contributed by atoms with E-state index in [0.29, 0.717) is 0 Å². The van der Waals surface area contributed by atoms with Gasteiger partial charge in [0.05, 0.1) is 0 Å². The number of nitrogens with zero attached hydrogens (tertiary/aromatic N) is 3. The van der Waals surface area contributed by atoms with Crippen molar-refractivity contribution in [2.75, 3.05) is 6.54 Å². The fraction of sp³-hybridized carbons (Fsp3) is 0.364. The molecule has 5 nitrogen and oxygen atoms in total. The molecule has 0 aliphatic carbocycles. The Morgan fingerprint density at radius 3 is 2.94 bits per heavy atom. The van der Waals surface area contributed by atoms with Gasteiger partial charge in [0.1, 0.15) is 11.4 Å². The minimum absolute atomic E-state index is 0.764. The van der Waals surface area contributed by atoms with Crippen LogP contribution in [0.2, 0.25) is 0 Å². The number of aromatic amines is 1. The Balaban J connectivity index is 2.09. The lowest BCUT2D eigenvalue weighted by Crippen LogP contribution is -2.12. The molecule has 90 valence electrons. The van der Waals surface area contributed by atoms with Crippen LogP contribution in [0.5, 0.6) is 0 Å². The van der Waals surface area contributed by atoms with E-state index < -0.39 is 0 Å². The van der Waals surface area contributed by atoms with Crippen LogP contribution in [0, 0.1) is 6.92 Å². The highest BCUT2D eigenvalue weighted by atomic mass is 32.2. The van der Waals surface area contributed by atoms with E-state index in [2.05, 4.69) is 45.4 Å². The number of H-pyrrole nitrogens is 1. The molecule has 6 heteroatoms. The molecule has 0 saturated carbocycles. The van der Waals surface area contributed by atoms with Crippen molar-refractivity contribution in [2.45, 2.75) is 30.6 Å². The summed E-state index contributed by atoms with van der Waals surface area (Å²) in [5.41, 5.74) is 2.35. The molecule has 0 unspecified atom stereocenters. The summed E-state index contributed by atoms with van der Waals surface area (Å²) in [6.07, 6.45) is 3.39. The zero-order chi connectivity index (χ0) is 12.1. The smallest absolute Gasteiger partial charge is 0.189 e. The summed E-state index contributed by atoms with van der Waals surface area (Å²) in [6, 6.07) is 2.15. The van der Waals surface area contributed by atoms with Crippen LogP contribution in [-0.4, -0.2) is 26.7 Å². The van der Waals surface area contributed by atoms with Crippen molar-refractivity contribution in [1.29, 1.82) is 0 Å². The maximum Gasteiger partial charge on any atom is 0.189 e. The Kier molecular flexibility index (Phi) is 4.11. The van der Waals surface area contributed by atoms with Gasteiger partial charge in [0.15, 0.2) is 5.16 Å². The van der Waals surface area contributed by atoms with Crippen LogP contribution in [0.25, 0.3) is 0 Å². The molecular formula is C11H15N5S. The molecule has 0 aliphatic rings. The van der Waals surface area contributed by atoms with Crippen LogP contribution < -0.4 is 5.32 Å². The van der Waals surface area contributed by atoms with E-state index in [-0.39, 0.29) is 0 Å². The predicted octanol–water partition coefficient (Wildman–Crippen LogP) is 1.77. The quantitative estimate of drug-likeness (QED) is 0.845. The molecule has 0 spiro atoms. The third kappa shape index (κ3) is 3.28. The summed E-state index contributed by atoms with van der Waals surface area (Å²) in [6.45, 7) is 5.97. The van der Waals surface area contributed by atoms with Crippen LogP contribution in [0.3, 0.4) is 0 Å². The molecule has 0 amide bonds. The van der Waals surface area contributed by atoms with E-state index in [9.17, 15) is 0 Å². The molecule has 0 bridgehead atoms. The summed E-state index contributed by atoms with van der Waals surface area (Å²) in [4.78, 5) is 8.51. The second kappa shape index (κ2) is 5.79. The molecule has 17 heavy (non-hydrogen) atoms. The molecule has 2 heterocycles. The van der Waals surface area contributed by atoms with Gasteiger partial charge in [-0.3, -0.25) is 5.10 Å². The normalized spacial score (nSPS) is 10.7. The highest BCUT2D eigenvalue weighted by Gasteiger charge is 2.05. The fourth-order valence-corrected chi connectivity index (χ4v) is 2.13. The average molecular weight is 249 g/mol. The van der Waals surface area contributed by atoms with Gasteiger partial charge in [0, 0.05) is 12.7 Å². The predicted molar refractivity (Wildman–Crippen MR) is 66.9 cm³/mol. The van der Waals surface area contributed by atoms with Crippen LogP contribution in [0.15, 0.2) is 28.8 Å². The van der Waals surface area contributed by atoms with Gasteiger partial charge in [-0.15, -0.1) is 0 Å². The van der Waals surface area contributed by atoms with Gasteiger partial charge in [-0.25, -0.2) is 9.97 Å². The molecular weight excluding hydrogens is 234 g/mol. The number of hydrogen-bond donors (Lipinski definition) is 2. The average Bonchev–Trinajstić information content (AvgIpc) is 2.82. The number of rotatable bonds is 5. The minimum atomic E-state index is 0.764. The molecule has 0 aliphatic heterocycles. The Morgan fingerprint density at radius 2 is 2.29 bits per heavy atom. The number of hydrogen-bond acceptors (Lipinski definition) is 5. The molecule has 0 radical (unpaired) electrons. The Hall–Kier alpha value is -1.40. The summed E-state index contributed by atoms with van der Waals surface area (Å²) in [5.74, 6) is 0. The first-order valence-corrected chi connectivity index (χ1v) is 6.30. The van der Waals surface area contributed by atoms with Gasteiger partial charge in [-0.2, -0.15) is 5.10 Å². The number of pyridine rings is 1. The molecule has 2 rings (SSSR count). The lowest BCUT2D eigenvalue weighted by atomic mass is 10.2. The van der Waals surface area contributed by atoms with E-state index in [1.807, 2.05) is 6.20 Å². The summed E-state index contributed by atoms with van der Waals surface area (Å²) in [7, 11) is 0. The van der Waals surface area contributed by atoms with Crippen molar-refractivity contribution in [3.63, 3.8) is 0 Å². The number of aryl methyl sites for hydroxylation is 1. The summed E-state index contributed by atoms with van der Waals surface area (Å²) < 4.78 is 0. The topological polar surface area (TPSA) is 66.5 Å². The maximum absolute atomic E-state index is 4.44. The third-order valence-electron chi connectivity index (χ3n) is 2.25. The standard InChI is InChI=1S/C11H15N5S/c1-3-12-5-9-4-8(2)10(13-6-9)17-11-14-7-15-16-11/h4,6-7,12H,3,5H2,1-2H3,(H,14,15,16). The number of nitrogens with one attached hydrogen (secondary N) is 2. The highest BCUT2D eigenvalue weighted by molar-refractivity contribution is 7.99. The van der Waals surface area contributed by atoms with Gasteiger partial charge in [0.25, 0.3) is 0 Å². The monoisotopic (exact) mass is 249 g/mol. The van der Waals surface area contributed by atoms with E-state index >= 15 is 0 Å². The highest BCUT2D eigenvalue weighted by Crippen LogP contribution is 2.25. The van der Waals surface area contributed by atoms with Crippen molar-refractivity contribution in [3.05, 3.63) is 29.7 Å². The van der Waals surface area contributed by atoms with Gasteiger partial charge in [0.2, 0.25) is 0 Å². The van der Waals surface area contributed by atoms with Crippen LogP contribution >= 0.6 is 11.8 Å². The van der Waals surface area contributed by atoms with Gasteiger partial charge in [-0.1, -0.05) is 13.0 Å². The van der Waals surface area contributed by atoms with E-state index in [1.54, 1.807) is 0 Å². The SMILES string of the molecule is CCNCc1cnc(Sc2ncn[nH]2)c(C)c1. The zero-order valence-corrected chi connectivity index (χ0v) is 10.7. The number of aromatic nitrogens is 4. The largest absolute Gasteiger partial charge is 0.313 e. The van der Waals surface area contributed by atoms with E-state index in [1.165, 1.54) is 23.7 Å². The van der Waals surface area contributed by atoms with Crippen molar-refractivity contribution in [2.24, 2.45) is 0 Å². The molecule has 0 saturated heterocycles. The minimum Gasteiger partial charge on any atom is -0.313 e. The molecule has 2 aromatic heterocycles. The molecule has 0 atom stereocenters. The van der Waals surface area contributed by atoms with Gasteiger partial charge < -0.3 is 5.32 Å². The fourth-order valence-electron chi connectivity index (χ4n) is 1.43. The molecule has 0 aromatic carbocycles. The first kappa shape index (κ1) is 12.1. The van der Waals surface area contributed by atoms with Gasteiger partial charge in [-0.05, 0) is 36.4 Å². The van der Waals surface area contributed by atoms with Gasteiger partial charge >= 0.3 is 0 Å². The first-order chi connectivity index (χ1) is 8.29. The summed E-state index contributed by atoms with van der Waals surface area (Å²) in [5, 5.41) is 11.6. The Bertz CT molecular complexity index is 469. The molecule has 2 N–H and O–H groups in total. The maximum atomic E-state index is 4.44.